The molecule has 24 heavy (non-hydrogen) atoms. The minimum absolute atomic E-state index is 0.0256. The van der Waals surface area contributed by atoms with Crippen LogP contribution in [0.5, 0.6) is 11.6 Å². The van der Waals surface area contributed by atoms with Crippen LogP contribution >= 0.6 is 0 Å². The Bertz CT molecular complexity index is 746. The van der Waals surface area contributed by atoms with E-state index in [4.69, 9.17) is 4.74 Å². The number of amides is 1. The lowest BCUT2D eigenvalue weighted by molar-refractivity contribution is -0.133. The normalized spacial score (nSPS) is 20.2. The van der Waals surface area contributed by atoms with Crippen LogP contribution in [0.4, 0.5) is 4.39 Å². The van der Waals surface area contributed by atoms with E-state index in [1.807, 2.05) is 4.90 Å². The van der Waals surface area contributed by atoms with Gasteiger partial charge in [0.1, 0.15) is 11.6 Å². The summed E-state index contributed by atoms with van der Waals surface area (Å²) in [4.78, 5) is 23.1. The first-order chi connectivity index (χ1) is 11.7. The zero-order chi connectivity index (χ0) is 16.5. The third kappa shape index (κ3) is 3.09. The third-order valence-corrected chi connectivity index (χ3v) is 4.47. The molecule has 4 rings (SSSR count). The lowest BCUT2D eigenvalue weighted by Gasteiger charge is -2.24. The average molecular weight is 327 g/mol. The van der Waals surface area contributed by atoms with E-state index >= 15 is 0 Å². The van der Waals surface area contributed by atoms with E-state index in [0.717, 1.165) is 37.9 Å². The van der Waals surface area contributed by atoms with Crippen molar-refractivity contribution in [3.8, 4) is 11.6 Å². The van der Waals surface area contributed by atoms with Crippen LogP contribution in [0.3, 0.4) is 0 Å². The van der Waals surface area contributed by atoms with E-state index in [0.29, 0.717) is 11.6 Å². The lowest BCUT2D eigenvalue weighted by atomic mass is 10.1. The predicted molar refractivity (Wildman–Crippen MR) is 84.9 cm³/mol. The van der Waals surface area contributed by atoms with Gasteiger partial charge in [0.15, 0.2) is 0 Å². The molecule has 124 valence electrons. The molecule has 1 aromatic heterocycles. The van der Waals surface area contributed by atoms with Crippen LogP contribution in [0.2, 0.25) is 0 Å². The van der Waals surface area contributed by atoms with Crippen molar-refractivity contribution in [2.75, 3.05) is 6.54 Å². The summed E-state index contributed by atoms with van der Waals surface area (Å²) in [5, 5.41) is 0. The van der Waals surface area contributed by atoms with Gasteiger partial charge in [0.2, 0.25) is 11.8 Å². The Morgan fingerprint density at radius 3 is 2.71 bits per heavy atom. The molecule has 1 saturated heterocycles. The van der Waals surface area contributed by atoms with Crippen molar-refractivity contribution in [2.45, 2.75) is 31.7 Å². The molecule has 6 heteroatoms. The van der Waals surface area contributed by atoms with Gasteiger partial charge in [-0.2, -0.15) is 0 Å². The Hall–Kier alpha value is -2.50. The van der Waals surface area contributed by atoms with Gasteiger partial charge in [0, 0.05) is 12.5 Å². The molecule has 1 aromatic carbocycles. The van der Waals surface area contributed by atoms with Crippen LogP contribution in [0, 0.1) is 11.7 Å². The van der Waals surface area contributed by atoms with Crippen LogP contribution in [0.25, 0.3) is 0 Å². The number of nitrogens with zero attached hydrogens (tertiary/aromatic N) is 3. The molecule has 0 spiro atoms. The third-order valence-electron chi connectivity index (χ3n) is 4.47. The fourth-order valence-corrected chi connectivity index (χ4v) is 3.10. The fourth-order valence-electron chi connectivity index (χ4n) is 3.10. The number of aromatic nitrogens is 2. The van der Waals surface area contributed by atoms with Gasteiger partial charge in [-0.1, -0.05) is 0 Å². The second kappa shape index (κ2) is 6.19. The van der Waals surface area contributed by atoms with Gasteiger partial charge < -0.3 is 9.64 Å². The maximum atomic E-state index is 13.0. The standard InChI is InChI=1S/C18H18FN3O2/c19-13-5-7-14(8-6-13)24-17-11-20-10-15(21-17)16-2-1-9-22(16)18(23)12-3-4-12/h5-8,10-12,16H,1-4,9H2. The summed E-state index contributed by atoms with van der Waals surface area (Å²) in [6.07, 6.45) is 7.10. The molecule has 2 aliphatic rings. The maximum Gasteiger partial charge on any atom is 0.238 e. The zero-order valence-corrected chi connectivity index (χ0v) is 13.2. The summed E-state index contributed by atoms with van der Waals surface area (Å²) < 4.78 is 18.6. The first-order valence-electron chi connectivity index (χ1n) is 8.26. The number of halogens is 1. The first-order valence-corrected chi connectivity index (χ1v) is 8.26. The minimum atomic E-state index is -0.317. The molecule has 1 aliphatic carbocycles. The van der Waals surface area contributed by atoms with Crippen LogP contribution in [-0.2, 0) is 4.79 Å². The van der Waals surface area contributed by atoms with Crippen LogP contribution in [0.15, 0.2) is 36.7 Å². The van der Waals surface area contributed by atoms with Crippen molar-refractivity contribution in [1.82, 2.24) is 14.9 Å². The number of benzene rings is 1. The van der Waals surface area contributed by atoms with Crippen molar-refractivity contribution in [3.63, 3.8) is 0 Å². The number of carbonyl (C=O) groups excluding carboxylic acids is 1. The van der Waals surface area contributed by atoms with E-state index in [9.17, 15) is 9.18 Å². The van der Waals surface area contributed by atoms with E-state index < -0.39 is 0 Å². The van der Waals surface area contributed by atoms with E-state index in [2.05, 4.69) is 9.97 Å². The first kappa shape index (κ1) is 15.1. The highest BCUT2D eigenvalue weighted by Gasteiger charge is 2.39. The predicted octanol–water partition coefficient (Wildman–Crippen LogP) is 3.48. The summed E-state index contributed by atoms with van der Waals surface area (Å²) in [6.45, 7) is 0.782. The highest BCUT2D eigenvalue weighted by molar-refractivity contribution is 5.81. The number of ether oxygens (including phenoxy) is 1. The average Bonchev–Trinajstić information content (AvgIpc) is 3.33. The van der Waals surface area contributed by atoms with Gasteiger partial charge in [0.05, 0.1) is 24.1 Å². The van der Waals surface area contributed by atoms with Crippen LogP contribution < -0.4 is 4.74 Å². The second-order valence-electron chi connectivity index (χ2n) is 6.30. The molecule has 5 nitrogen and oxygen atoms in total. The highest BCUT2D eigenvalue weighted by Crippen LogP contribution is 2.38. The summed E-state index contributed by atoms with van der Waals surface area (Å²) in [7, 11) is 0. The Morgan fingerprint density at radius 1 is 1.17 bits per heavy atom. The van der Waals surface area contributed by atoms with Crippen molar-refractivity contribution in [2.24, 2.45) is 5.92 Å². The minimum Gasteiger partial charge on any atom is -0.437 e. The molecule has 2 fully saturated rings. The van der Waals surface area contributed by atoms with Gasteiger partial charge in [0.25, 0.3) is 0 Å². The molecule has 2 aromatic rings. The fraction of sp³-hybridized carbons (Fsp3) is 0.389. The highest BCUT2D eigenvalue weighted by atomic mass is 19.1. The van der Waals surface area contributed by atoms with E-state index in [1.54, 1.807) is 18.3 Å². The van der Waals surface area contributed by atoms with Gasteiger partial charge in [-0.3, -0.25) is 9.78 Å². The Balaban J connectivity index is 1.53. The molecule has 0 radical (unpaired) electrons. The molecule has 0 N–H and O–H groups in total. The zero-order valence-electron chi connectivity index (χ0n) is 13.2. The summed E-state index contributed by atoms with van der Waals surface area (Å²) in [6, 6.07) is 5.73. The van der Waals surface area contributed by atoms with E-state index in [1.165, 1.54) is 18.3 Å². The SMILES string of the molecule is O=C(C1CC1)N1CCCC1c1cncc(Oc2ccc(F)cc2)n1. The lowest BCUT2D eigenvalue weighted by Crippen LogP contribution is -2.32. The quantitative estimate of drug-likeness (QED) is 0.863. The number of hydrogen-bond acceptors (Lipinski definition) is 4. The summed E-state index contributed by atoms with van der Waals surface area (Å²) in [5.74, 6) is 0.980. The maximum absolute atomic E-state index is 13.0. The number of hydrogen-bond donors (Lipinski definition) is 0. The topological polar surface area (TPSA) is 55.3 Å². The summed E-state index contributed by atoms with van der Waals surface area (Å²) in [5.41, 5.74) is 0.751. The second-order valence-corrected chi connectivity index (χ2v) is 6.30. The van der Waals surface area contributed by atoms with E-state index in [-0.39, 0.29) is 23.7 Å². The largest absolute Gasteiger partial charge is 0.437 e. The van der Waals surface area contributed by atoms with Gasteiger partial charge in [-0.25, -0.2) is 9.37 Å². The van der Waals surface area contributed by atoms with Gasteiger partial charge in [-0.05, 0) is 49.9 Å². The van der Waals surface area contributed by atoms with Crippen molar-refractivity contribution >= 4 is 5.91 Å². The van der Waals surface area contributed by atoms with Crippen molar-refractivity contribution < 1.29 is 13.9 Å². The molecular formula is C18H18FN3O2. The molecule has 1 saturated carbocycles. The van der Waals surface area contributed by atoms with Gasteiger partial charge in [-0.15, -0.1) is 0 Å². The smallest absolute Gasteiger partial charge is 0.238 e. The van der Waals surface area contributed by atoms with Crippen LogP contribution in [0.1, 0.15) is 37.4 Å². The van der Waals surface area contributed by atoms with Gasteiger partial charge >= 0.3 is 0 Å². The Morgan fingerprint density at radius 2 is 1.96 bits per heavy atom. The van der Waals surface area contributed by atoms with Crippen molar-refractivity contribution in [3.05, 3.63) is 48.2 Å². The number of carbonyl (C=O) groups is 1. The number of rotatable bonds is 4. The van der Waals surface area contributed by atoms with Crippen LogP contribution in [-0.4, -0.2) is 27.3 Å². The Labute approximate surface area is 139 Å². The molecule has 0 bridgehead atoms. The monoisotopic (exact) mass is 327 g/mol. The summed E-state index contributed by atoms with van der Waals surface area (Å²) >= 11 is 0. The van der Waals surface area contributed by atoms with Crippen molar-refractivity contribution in [1.29, 1.82) is 0 Å². The molecule has 1 aliphatic heterocycles. The molecule has 1 atom stereocenters. The molecule has 1 unspecified atom stereocenters. The Kier molecular flexibility index (Phi) is 3.88. The molecular weight excluding hydrogens is 309 g/mol. The number of likely N-dealkylation sites (tertiary alicyclic amines) is 1. The molecule has 2 heterocycles. The molecule has 1 amide bonds.